The number of alkyl halides is 1. The lowest BCUT2D eigenvalue weighted by Crippen LogP contribution is -2.29. The van der Waals surface area contributed by atoms with Crippen LogP contribution in [0.1, 0.15) is 12.5 Å². The molecule has 1 atom stereocenters. The summed E-state index contributed by atoms with van der Waals surface area (Å²) in [6, 6.07) is 5.13. The highest BCUT2D eigenvalue weighted by Crippen LogP contribution is 2.30. The fourth-order valence-electron chi connectivity index (χ4n) is 1.25. The summed E-state index contributed by atoms with van der Waals surface area (Å²) in [6.45, 7) is 1.80. The van der Waals surface area contributed by atoms with Gasteiger partial charge in [-0.2, -0.15) is 0 Å². The minimum atomic E-state index is -1.39. The zero-order valence-electron chi connectivity index (χ0n) is 8.07. The van der Waals surface area contributed by atoms with Crippen LogP contribution in [0.3, 0.4) is 0 Å². The Balaban J connectivity index is 3.01. The molecule has 0 aromatic heterocycles. The summed E-state index contributed by atoms with van der Waals surface area (Å²) in [4.78, 5) is 0. The predicted molar refractivity (Wildman–Crippen MR) is 61.5 cm³/mol. The predicted octanol–water partition coefficient (Wildman–Crippen LogP) is 3.51. The molecule has 0 fully saturated rings. The van der Waals surface area contributed by atoms with Crippen LogP contribution < -0.4 is 5.32 Å². The van der Waals surface area contributed by atoms with E-state index >= 15 is 0 Å². The SMILES string of the molecule is CNCC(C)(F)c1ccc(Br)c(Cl)c1. The van der Waals surface area contributed by atoms with Gasteiger partial charge in [-0.15, -0.1) is 0 Å². The lowest BCUT2D eigenvalue weighted by Gasteiger charge is -2.20. The first-order valence-corrected chi connectivity index (χ1v) is 5.43. The van der Waals surface area contributed by atoms with Gasteiger partial charge in [-0.1, -0.05) is 17.7 Å². The largest absolute Gasteiger partial charge is 0.316 e. The number of halogens is 3. The summed E-state index contributed by atoms with van der Waals surface area (Å²) in [5, 5.41) is 3.34. The highest BCUT2D eigenvalue weighted by molar-refractivity contribution is 9.10. The topological polar surface area (TPSA) is 12.0 Å². The number of nitrogens with one attached hydrogen (secondary N) is 1. The van der Waals surface area contributed by atoms with Crippen LogP contribution in [-0.4, -0.2) is 13.6 Å². The van der Waals surface area contributed by atoms with Crippen molar-refractivity contribution in [2.24, 2.45) is 0 Å². The van der Waals surface area contributed by atoms with Crippen LogP contribution in [0.4, 0.5) is 4.39 Å². The smallest absolute Gasteiger partial charge is 0.145 e. The maximum absolute atomic E-state index is 14.0. The van der Waals surface area contributed by atoms with Gasteiger partial charge < -0.3 is 5.32 Å². The molecule has 1 N–H and O–H groups in total. The van der Waals surface area contributed by atoms with E-state index in [9.17, 15) is 4.39 Å². The first kappa shape index (κ1) is 12.0. The minimum Gasteiger partial charge on any atom is -0.316 e. The first-order valence-electron chi connectivity index (χ1n) is 4.26. The summed E-state index contributed by atoms with van der Waals surface area (Å²) in [5.74, 6) is 0. The Morgan fingerprint density at radius 3 is 2.71 bits per heavy atom. The molecule has 0 heterocycles. The molecule has 1 unspecified atom stereocenters. The molecule has 1 nitrogen and oxygen atoms in total. The van der Waals surface area contributed by atoms with E-state index < -0.39 is 5.67 Å². The molecule has 0 spiro atoms. The average molecular weight is 281 g/mol. The van der Waals surface area contributed by atoms with E-state index in [1.165, 1.54) is 6.92 Å². The lowest BCUT2D eigenvalue weighted by molar-refractivity contribution is 0.191. The lowest BCUT2D eigenvalue weighted by atomic mass is 9.98. The maximum Gasteiger partial charge on any atom is 0.145 e. The van der Waals surface area contributed by atoms with Gasteiger partial charge in [0.05, 0.1) is 5.02 Å². The molecule has 1 aromatic rings. The van der Waals surface area contributed by atoms with E-state index in [1.54, 1.807) is 25.2 Å². The monoisotopic (exact) mass is 279 g/mol. The van der Waals surface area contributed by atoms with E-state index in [2.05, 4.69) is 21.2 Å². The van der Waals surface area contributed by atoms with Gasteiger partial charge in [0.1, 0.15) is 5.67 Å². The molecule has 78 valence electrons. The normalized spacial score (nSPS) is 15.2. The molecule has 4 heteroatoms. The average Bonchev–Trinajstić information content (AvgIpc) is 2.09. The van der Waals surface area contributed by atoms with E-state index in [0.717, 1.165) is 4.47 Å². The Labute approximate surface area is 96.8 Å². The van der Waals surface area contributed by atoms with Gasteiger partial charge in [0.2, 0.25) is 0 Å². The van der Waals surface area contributed by atoms with Crippen molar-refractivity contribution in [2.45, 2.75) is 12.6 Å². The van der Waals surface area contributed by atoms with Crippen LogP contribution in [-0.2, 0) is 5.67 Å². The molecule has 0 saturated carbocycles. The third-order valence-electron chi connectivity index (χ3n) is 2.03. The molecular weight excluding hydrogens is 268 g/mol. The zero-order chi connectivity index (χ0) is 10.8. The van der Waals surface area contributed by atoms with Crippen LogP contribution in [0.25, 0.3) is 0 Å². The van der Waals surface area contributed by atoms with Gasteiger partial charge in [0, 0.05) is 11.0 Å². The summed E-state index contributed by atoms with van der Waals surface area (Å²) in [5.41, 5.74) is -0.806. The van der Waals surface area contributed by atoms with E-state index in [1.807, 2.05) is 0 Å². The number of hydrogen-bond acceptors (Lipinski definition) is 1. The van der Waals surface area contributed by atoms with Gasteiger partial charge in [0.25, 0.3) is 0 Å². The Morgan fingerprint density at radius 2 is 2.21 bits per heavy atom. The van der Waals surface area contributed by atoms with Crippen LogP contribution in [0.5, 0.6) is 0 Å². The van der Waals surface area contributed by atoms with Crippen LogP contribution in [0.2, 0.25) is 5.02 Å². The highest BCUT2D eigenvalue weighted by Gasteiger charge is 2.25. The second kappa shape index (κ2) is 4.60. The maximum atomic E-state index is 14.0. The Hall–Kier alpha value is -0.120. The zero-order valence-corrected chi connectivity index (χ0v) is 10.4. The van der Waals surface area contributed by atoms with Gasteiger partial charge in [0.15, 0.2) is 0 Å². The fourth-order valence-corrected chi connectivity index (χ4v) is 1.68. The van der Waals surface area contributed by atoms with Gasteiger partial charge >= 0.3 is 0 Å². The number of benzene rings is 1. The minimum absolute atomic E-state index is 0.269. The van der Waals surface area contributed by atoms with Crippen molar-refractivity contribution < 1.29 is 4.39 Å². The van der Waals surface area contributed by atoms with Crippen LogP contribution in [0, 0.1) is 0 Å². The number of likely N-dealkylation sites (N-methyl/N-ethyl adjacent to an activating group) is 1. The van der Waals surface area contributed by atoms with Gasteiger partial charge in [-0.25, -0.2) is 4.39 Å². The molecule has 0 aliphatic carbocycles. The molecule has 0 bridgehead atoms. The van der Waals surface area contributed by atoms with E-state index in [-0.39, 0.29) is 6.54 Å². The van der Waals surface area contributed by atoms with Gasteiger partial charge in [-0.05, 0) is 47.6 Å². The molecule has 0 aliphatic heterocycles. The number of rotatable bonds is 3. The fraction of sp³-hybridized carbons (Fsp3) is 0.400. The quantitative estimate of drug-likeness (QED) is 0.893. The van der Waals surface area contributed by atoms with Crippen molar-refractivity contribution in [3.8, 4) is 0 Å². The number of hydrogen-bond donors (Lipinski definition) is 1. The van der Waals surface area contributed by atoms with Crippen molar-refractivity contribution >= 4 is 27.5 Å². The van der Waals surface area contributed by atoms with Crippen molar-refractivity contribution in [3.05, 3.63) is 33.3 Å². The molecule has 14 heavy (non-hydrogen) atoms. The molecule has 0 radical (unpaired) electrons. The van der Waals surface area contributed by atoms with Crippen molar-refractivity contribution in [1.29, 1.82) is 0 Å². The Morgan fingerprint density at radius 1 is 1.57 bits per heavy atom. The van der Waals surface area contributed by atoms with Crippen molar-refractivity contribution in [1.82, 2.24) is 5.32 Å². The Kier molecular flexibility index (Phi) is 3.93. The molecule has 1 rings (SSSR count). The van der Waals surface area contributed by atoms with E-state index in [0.29, 0.717) is 10.6 Å². The molecule has 0 amide bonds. The van der Waals surface area contributed by atoms with Crippen molar-refractivity contribution in [3.63, 3.8) is 0 Å². The summed E-state index contributed by atoms with van der Waals surface area (Å²) in [6.07, 6.45) is 0. The standard InChI is InChI=1S/C10H12BrClFN/c1-10(13,6-14-2)7-3-4-8(11)9(12)5-7/h3-5,14H,6H2,1-2H3. The third-order valence-corrected chi connectivity index (χ3v) is 3.26. The highest BCUT2D eigenvalue weighted by atomic mass is 79.9. The molecule has 0 saturated heterocycles. The van der Waals surface area contributed by atoms with Gasteiger partial charge in [-0.3, -0.25) is 0 Å². The van der Waals surface area contributed by atoms with E-state index in [4.69, 9.17) is 11.6 Å². The summed E-state index contributed by atoms with van der Waals surface area (Å²) < 4.78 is 14.8. The summed E-state index contributed by atoms with van der Waals surface area (Å²) >= 11 is 9.15. The molecule has 0 aliphatic rings. The first-order chi connectivity index (χ1) is 6.47. The third kappa shape index (κ3) is 2.69. The molecular formula is C10H12BrClFN. The second-order valence-corrected chi connectivity index (χ2v) is 4.62. The molecule has 1 aromatic carbocycles. The van der Waals surface area contributed by atoms with Crippen LogP contribution >= 0.6 is 27.5 Å². The Bertz CT molecular complexity index is 328. The second-order valence-electron chi connectivity index (χ2n) is 3.36. The van der Waals surface area contributed by atoms with Crippen molar-refractivity contribution in [2.75, 3.05) is 13.6 Å². The summed E-state index contributed by atoms with van der Waals surface area (Å²) in [7, 11) is 1.72. The van der Waals surface area contributed by atoms with Crippen LogP contribution in [0.15, 0.2) is 22.7 Å².